The number of nitrogens with zero attached hydrogens (tertiary/aromatic N) is 6. The van der Waals surface area contributed by atoms with E-state index in [0.717, 1.165) is 49.1 Å². The molecule has 2 aromatic carbocycles. The molecule has 0 bridgehead atoms. The molecule has 46 heavy (non-hydrogen) atoms. The molecular formula is C32H38F6N6O2. The smallest absolute Gasteiger partial charge is 0.416 e. The topological polar surface area (TPSA) is 87.4 Å². The van der Waals surface area contributed by atoms with Gasteiger partial charge in [-0.1, -0.05) is 25.0 Å². The summed E-state index contributed by atoms with van der Waals surface area (Å²) in [7, 11) is 1.54. The Morgan fingerprint density at radius 3 is 2.15 bits per heavy atom. The lowest BCUT2D eigenvalue weighted by molar-refractivity contribution is -0.143. The van der Waals surface area contributed by atoms with Gasteiger partial charge in [-0.05, 0) is 102 Å². The van der Waals surface area contributed by atoms with Crippen molar-refractivity contribution in [3.8, 4) is 0 Å². The lowest BCUT2D eigenvalue weighted by atomic mass is 9.85. The number of aliphatic carboxylic acids is 1. The number of benzene rings is 2. The van der Waals surface area contributed by atoms with Crippen molar-refractivity contribution in [2.75, 3.05) is 22.9 Å². The maximum Gasteiger partial charge on any atom is 0.416 e. The molecule has 1 aliphatic carbocycles. The van der Waals surface area contributed by atoms with Gasteiger partial charge in [-0.25, -0.2) is 0 Å². The van der Waals surface area contributed by atoms with E-state index >= 15 is 0 Å². The summed E-state index contributed by atoms with van der Waals surface area (Å²) in [6, 6.07) is 5.45. The van der Waals surface area contributed by atoms with Gasteiger partial charge in [0.1, 0.15) is 0 Å². The van der Waals surface area contributed by atoms with Crippen LogP contribution >= 0.6 is 0 Å². The monoisotopic (exact) mass is 652 g/mol. The lowest BCUT2D eigenvalue weighted by Gasteiger charge is -2.34. The Hall–Kier alpha value is -3.84. The van der Waals surface area contributed by atoms with Crippen molar-refractivity contribution in [2.24, 2.45) is 12.5 Å². The van der Waals surface area contributed by atoms with Crippen molar-refractivity contribution in [2.45, 2.75) is 90.2 Å². The highest BCUT2D eigenvalue weighted by Crippen LogP contribution is 2.43. The van der Waals surface area contributed by atoms with E-state index in [9.17, 15) is 36.2 Å². The Labute approximate surface area is 263 Å². The van der Waals surface area contributed by atoms with Gasteiger partial charge in [0.2, 0.25) is 0 Å². The molecule has 0 amide bonds. The first-order chi connectivity index (χ1) is 21.5. The Bertz CT molecular complexity index is 1540. The summed E-state index contributed by atoms with van der Waals surface area (Å²) in [6.07, 6.45) is -4.29. The maximum absolute atomic E-state index is 13.8. The second-order valence-electron chi connectivity index (χ2n) is 13.1. The number of aryl methyl sites for hydroxylation is 3. The molecular weight excluding hydrogens is 614 g/mol. The molecule has 14 heteroatoms. The van der Waals surface area contributed by atoms with Crippen molar-refractivity contribution in [1.29, 1.82) is 0 Å². The molecule has 0 fully saturated rings. The first-order valence-corrected chi connectivity index (χ1v) is 15.4. The molecule has 8 nitrogen and oxygen atoms in total. The zero-order chi connectivity index (χ0) is 33.4. The molecule has 1 aromatic heterocycles. The van der Waals surface area contributed by atoms with Crippen LogP contribution in [0, 0.1) is 5.41 Å². The number of hydrogen-bond donors (Lipinski definition) is 1. The van der Waals surface area contributed by atoms with Crippen LogP contribution in [0.1, 0.15) is 91.8 Å². The number of hydrogen-bond acceptors (Lipinski definition) is 6. The van der Waals surface area contributed by atoms with Gasteiger partial charge >= 0.3 is 18.3 Å². The Kier molecular flexibility index (Phi) is 9.29. The third kappa shape index (κ3) is 7.75. The highest BCUT2D eigenvalue weighted by Gasteiger charge is 2.38. The number of aromatic nitrogens is 4. The summed E-state index contributed by atoms with van der Waals surface area (Å²) < 4.78 is 82.7. The molecule has 1 N–H and O–H groups in total. The van der Waals surface area contributed by atoms with E-state index in [4.69, 9.17) is 0 Å². The number of carbonyl (C=O) groups is 1. The molecule has 0 saturated heterocycles. The van der Waals surface area contributed by atoms with Crippen LogP contribution in [0.15, 0.2) is 30.3 Å². The number of carboxylic acid groups (broad SMARTS) is 1. The van der Waals surface area contributed by atoms with Crippen LogP contribution < -0.4 is 9.80 Å². The number of fused-ring (bicyclic) bond motifs is 2. The van der Waals surface area contributed by atoms with Crippen LogP contribution in [0.3, 0.4) is 0 Å². The quantitative estimate of drug-likeness (QED) is 0.242. The molecule has 0 spiro atoms. The summed E-state index contributed by atoms with van der Waals surface area (Å²) in [5, 5.41) is 21.8. The number of alkyl halides is 6. The third-order valence-electron chi connectivity index (χ3n) is 8.92. The summed E-state index contributed by atoms with van der Waals surface area (Å²) in [6.45, 7) is 4.76. The number of carboxylic acids is 1. The van der Waals surface area contributed by atoms with Crippen LogP contribution in [0.2, 0.25) is 0 Å². The fourth-order valence-corrected chi connectivity index (χ4v) is 6.59. The van der Waals surface area contributed by atoms with Crippen LogP contribution in [-0.2, 0) is 43.6 Å². The minimum atomic E-state index is -4.98. The highest BCUT2D eigenvalue weighted by molar-refractivity contribution is 5.67. The number of anilines is 2. The van der Waals surface area contributed by atoms with Gasteiger partial charge in [0.25, 0.3) is 5.95 Å². The summed E-state index contributed by atoms with van der Waals surface area (Å²) in [5.41, 5.74) is 0.829. The minimum Gasteiger partial charge on any atom is -0.481 e. The van der Waals surface area contributed by atoms with E-state index in [2.05, 4.69) is 32.4 Å². The van der Waals surface area contributed by atoms with E-state index in [-0.39, 0.29) is 30.5 Å². The highest BCUT2D eigenvalue weighted by atomic mass is 19.4. The van der Waals surface area contributed by atoms with E-state index in [1.54, 1.807) is 11.9 Å². The van der Waals surface area contributed by atoms with Crippen molar-refractivity contribution in [3.63, 3.8) is 0 Å². The zero-order valence-electron chi connectivity index (χ0n) is 26.0. The van der Waals surface area contributed by atoms with Gasteiger partial charge in [0.15, 0.2) is 0 Å². The molecule has 1 unspecified atom stereocenters. The average Bonchev–Trinajstić information content (AvgIpc) is 3.31. The predicted octanol–water partition coefficient (Wildman–Crippen LogP) is 7.37. The SMILES string of the molecule is Cn1nnc(N(Cc2cc(C(F)(F)F)cc(C(F)(F)F)c2)C2CCCN(CCC(C)(C)CC(=O)O)c3cc4c(cc32)CCCC4)n1. The van der Waals surface area contributed by atoms with Crippen molar-refractivity contribution in [3.05, 3.63) is 63.7 Å². The van der Waals surface area contributed by atoms with Crippen molar-refractivity contribution >= 4 is 17.6 Å². The molecule has 2 aliphatic rings. The van der Waals surface area contributed by atoms with Crippen molar-refractivity contribution in [1.82, 2.24) is 20.2 Å². The van der Waals surface area contributed by atoms with Crippen LogP contribution in [0.25, 0.3) is 0 Å². The van der Waals surface area contributed by atoms with Crippen LogP contribution in [0.5, 0.6) is 0 Å². The van der Waals surface area contributed by atoms with Crippen LogP contribution in [-0.4, -0.2) is 44.4 Å². The van der Waals surface area contributed by atoms with Gasteiger partial charge in [-0.15, -0.1) is 5.10 Å². The third-order valence-corrected chi connectivity index (χ3v) is 8.92. The number of halogens is 6. The maximum atomic E-state index is 13.8. The fourth-order valence-electron chi connectivity index (χ4n) is 6.59. The van der Waals surface area contributed by atoms with E-state index in [1.165, 1.54) is 15.9 Å². The first kappa shape index (κ1) is 33.5. The normalized spacial score (nSPS) is 17.3. The lowest BCUT2D eigenvalue weighted by Crippen LogP contribution is -2.31. The summed E-state index contributed by atoms with van der Waals surface area (Å²) in [4.78, 5) is 16.6. The molecule has 3 aromatic rings. The van der Waals surface area contributed by atoms with E-state index < -0.39 is 40.9 Å². The summed E-state index contributed by atoms with van der Waals surface area (Å²) in [5.74, 6) is -0.774. The molecule has 0 saturated carbocycles. The fraction of sp³-hybridized carbons (Fsp3) is 0.562. The second-order valence-corrected chi connectivity index (χ2v) is 13.1. The Morgan fingerprint density at radius 2 is 1.59 bits per heavy atom. The molecule has 0 radical (unpaired) electrons. The number of tetrazole rings is 1. The second kappa shape index (κ2) is 12.7. The van der Waals surface area contributed by atoms with Gasteiger partial charge in [-0.3, -0.25) is 4.79 Å². The number of rotatable bonds is 9. The van der Waals surface area contributed by atoms with E-state index in [0.29, 0.717) is 32.4 Å². The Morgan fingerprint density at radius 1 is 0.957 bits per heavy atom. The van der Waals surface area contributed by atoms with Crippen LogP contribution in [0.4, 0.5) is 38.0 Å². The molecule has 5 rings (SSSR count). The molecule has 1 atom stereocenters. The molecule has 1 aliphatic heterocycles. The average molecular weight is 653 g/mol. The van der Waals surface area contributed by atoms with Gasteiger partial charge in [0, 0.05) is 25.3 Å². The largest absolute Gasteiger partial charge is 0.481 e. The molecule has 250 valence electrons. The van der Waals surface area contributed by atoms with E-state index in [1.807, 2.05) is 13.8 Å². The zero-order valence-corrected chi connectivity index (χ0v) is 26.0. The summed E-state index contributed by atoms with van der Waals surface area (Å²) >= 11 is 0. The first-order valence-electron chi connectivity index (χ1n) is 15.4. The Balaban J connectivity index is 1.60. The molecule has 2 heterocycles. The van der Waals surface area contributed by atoms with Gasteiger partial charge < -0.3 is 14.9 Å². The standard InChI is InChI=1S/C32H38F6N6O2/c1-30(2,18-28(45)46)10-12-43-11-6-9-26(25-15-21-7-4-5-8-22(21)16-27(25)43)44(29-39-41-42(3)40-29)19-20-13-23(31(33,34)35)17-24(14-20)32(36,37)38/h13-17,26H,4-12,18-19H2,1-3H3,(H,45,46). The van der Waals surface area contributed by atoms with Gasteiger partial charge in [-0.2, -0.15) is 31.1 Å². The predicted molar refractivity (Wildman–Crippen MR) is 159 cm³/mol. The van der Waals surface area contributed by atoms with Crippen molar-refractivity contribution < 1.29 is 36.2 Å². The minimum absolute atomic E-state index is 0.0174. The van der Waals surface area contributed by atoms with Gasteiger partial charge in [0.05, 0.1) is 30.6 Å².